The molecule has 0 radical (unpaired) electrons. The molecular formula is C22H22ClNO8. The van der Waals surface area contributed by atoms with Crippen molar-refractivity contribution in [1.29, 1.82) is 0 Å². The van der Waals surface area contributed by atoms with Crippen LogP contribution in [-0.4, -0.2) is 75.4 Å². The first-order valence-corrected chi connectivity index (χ1v) is 10.2. The smallest absolute Gasteiger partial charge is 0.339 e. The van der Waals surface area contributed by atoms with Gasteiger partial charge in [-0.15, -0.1) is 0 Å². The molecule has 1 aliphatic rings. The molecule has 1 fully saturated rings. The van der Waals surface area contributed by atoms with Crippen molar-refractivity contribution >= 4 is 28.5 Å². The third-order valence-corrected chi connectivity index (χ3v) is 5.63. The minimum atomic E-state index is -1.58. The molecule has 0 saturated carbocycles. The van der Waals surface area contributed by atoms with Crippen LogP contribution in [0.3, 0.4) is 0 Å². The minimum Gasteiger partial charge on any atom is -0.465 e. The summed E-state index contributed by atoms with van der Waals surface area (Å²) in [4.78, 5) is 12.3. The number of hydrogen-bond acceptors (Lipinski definition) is 8. The summed E-state index contributed by atoms with van der Waals surface area (Å²) in [6.45, 7) is -0.575. The van der Waals surface area contributed by atoms with Crippen molar-refractivity contribution in [2.75, 3.05) is 13.7 Å². The molecule has 1 saturated heterocycles. The molecule has 9 nitrogen and oxygen atoms in total. The molecule has 3 aromatic rings. The maximum absolute atomic E-state index is 12.3. The fraction of sp³-hybridized carbons (Fsp3) is 0.318. The molecule has 0 spiro atoms. The van der Waals surface area contributed by atoms with Crippen molar-refractivity contribution in [2.45, 2.75) is 30.7 Å². The molecule has 0 aliphatic carbocycles. The lowest BCUT2D eigenvalue weighted by molar-refractivity contribution is -0.277. The van der Waals surface area contributed by atoms with E-state index in [2.05, 4.69) is 0 Å². The number of aromatic nitrogens is 1. The number of nitrogens with zero attached hydrogens (tertiary/aromatic N) is 1. The number of rotatable bonds is 5. The van der Waals surface area contributed by atoms with Gasteiger partial charge >= 0.3 is 5.97 Å². The van der Waals surface area contributed by atoms with Crippen molar-refractivity contribution in [3.63, 3.8) is 0 Å². The van der Waals surface area contributed by atoms with Crippen molar-refractivity contribution in [1.82, 2.24) is 4.57 Å². The summed E-state index contributed by atoms with van der Waals surface area (Å²) in [6, 6.07) is 11.9. The van der Waals surface area contributed by atoms with Gasteiger partial charge in [-0.05, 0) is 30.3 Å². The highest BCUT2D eigenvalue weighted by atomic mass is 35.5. The number of ether oxygens (including phenoxy) is 3. The zero-order chi connectivity index (χ0) is 23.0. The highest BCUT2D eigenvalue weighted by Crippen LogP contribution is 2.35. The molecule has 2 heterocycles. The standard InChI is InChI=1S/C22H22ClNO8/c1-30-21(29)13-4-2-3-5-14(13)24-9-16(12-7-6-11(23)8-15(12)24)31-22-20(28)19(27)18(26)17(10-25)32-22/h2-9,17-20,22,25-28H,10H2,1H3/t17-,18+,19+,20-,22-/m0/s1. The SMILES string of the molecule is COC(=O)c1ccccc1-n1cc(O[C@H]2O[C@@H](CO)[C@@H](O)[C@@H](O)[C@@H]2O)c2ccc(Cl)cc21. The largest absolute Gasteiger partial charge is 0.465 e. The first-order valence-electron chi connectivity index (χ1n) is 9.81. The van der Waals surface area contributed by atoms with Crippen molar-refractivity contribution in [3.8, 4) is 11.4 Å². The maximum atomic E-state index is 12.3. The van der Waals surface area contributed by atoms with E-state index in [1.165, 1.54) is 7.11 Å². The number of carbonyl (C=O) groups is 1. The second kappa shape index (κ2) is 9.07. The Morgan fingerprint density at radius 3 is 2.59 bits per heavy atom. The van der Waals surface area contributed by atoms with Crippen LogP contribution in [-0.2, 0) is 9.47 Å². The molecular weight excluding hydrogens is 442 g/mol. The Balaban J connectivity index is 1.79. The number of aliphatic hydroxyl groups is 4. The molecule has 1 aromatic heterocycles. The number of halogens is 1. The highest BCUT2D eigenvalue weighted by molar-refractivity contribution is 6.31. The summed E-state index contributed by atoms with van der Waals surface area (Å²) in [5, 5.41) is 40.8. The number of fused-ring (bicyclic) bond motifs is 1. The number of para-hydroxylation sites is 1. The summed E-state index contributed by atoms with van der Waals surface area (Å²) < 4.78 is 17.9. The lowest BCUT2D eigenvalue weighted by atomic mass is 9.99. The van der Waals surface area contributed by atoms with Gasteiger partial charge in [0, 0.05) is 10.4 Å². The minimum absolute atomic E-state index is 0.265. The Hall–Kier alpha value is -2.66. The van der Waals surface area contributed by atoms with Crippen LogP contribution < -0.4 is 4.74 Å². The molecule has 0 unspecified atom stereocenters. The van der Waals surface area contributed by atoms with Gasteiger partial charge in [0.1, 0.15) is 30.2 Å². The Morgan fingerprint density at radius 1 is 1.12 bits per heavy atom. The van der Waals surface area contributed by atoms with Crippen LogP contribution >= 0.6 is 11.6 Å². The van der Waals surface area contributed by atoms with Gasteiger partial charge in [-0.1, -0.05) is 23.7 Å². The van der Waals surface area contributed by atoms with Crippen molar-refractivity contribution < 1.29 is 39.4 Å². The van der Waals surface area contributed by atoms with E-state index in [9.17, 15) is 25.2 Å². The van der Waals surface area contributed by atoms with Gasteiger partial charge in [0.15, 0.2) is 0 Å². The fourth-order valence-electron chi connectivity index (χ4n) is 3.72. The highest BCUT2D eigenvalue weighted by Gasteiger charge is 2.45. The van der Waals surface area contributed by atoms with Crippen molar-refractivity contribution in [2.24, 2.45) is 0 Å². The number of hydrogen-bond donors (Lipinski definition) is 4. The van der Waals surface area contributed by atoms with E-state index in [0.29, 0.717) is 27.2 Å². The Kier molecular flexibility index (Phi) is 6.38. The first-order chi connectivity index (χ1) is 15.3. The third-order valence-electron chi connectivity index (χ3n) is 5.39. The van der Waals surface area contributed by atoms with Gasteiger partial charge in [0.25, 0.3) is 0 Å². The van der Waals surface area contributed by atoms with Gasteiger partial charge in [-0.3, -0.25) is 0 Å². The molecule has 2 aromatic carbocycles. The predicted octanol–water partition coefficient (Wildman–Crippen LogP) is 1.25. The monoisotopic (exact) mass is 463 g/mol. The Labute approximate surface area is 187 Å². The zero-order valence-electron chi connectivity index (χ0n) is 17.0. The van der Waals surface area contributed by atoms with Gasteiger partial charge in [0.05, 0.1) is 36.7 Å². The molecule has 32 heavy (non-hydrogen) atoms. The average Bonchev–Trinajstić information content (AvgIpc) is 3.15. The van der Waals surface area contributed by atoms with E-state index in [1.807, 2.05) is 0 Å². The van der Waals surface area contributed by atoms with Gasteiger partial charge in [-0.25, -0.2) is 4.79 Å². The van der Waals surface area contributed by atoms with E-state index < -0.39 is 43.3 Å². The van der Waals surface area contributed by atoms with Gasteiger partial charge < -0.3 is 39.2 Å². The molecule has 170 valence electrons. The number of benzene rings is 2. The topological polar surface area (TPSA) is 131 Å². The first kappa shape index (κ1) is 22.5. The number of aliphatic hydroxyl groups excluding tert-OH is 4. The number of carbonyl (C=O) groups excluding carboxylic acids is 1. The van der Waals surface area contributed by atoms with Gasteiger partial charge in [-0.2, -0.15) is 0 Å². The molecule has 1 aliphatic heterocycles. The normalized spacial score (nSPS) is 25.6. The van der Waals surface area contributed by atoms with E-state index in [-0.39, 0.29) is 5.75 Å². The quantitative estimate of drug-likeness (QED) is 0.416. The van der Waals surface area contributed by atoms with Crippen LogP contribution in [0.15, 0.2) is 48.7 Å². The van der Waals surface area contributed by atoms with E-state index in [1.54, 1.807) is 53.2 Å². The predicted molar refractivity (Wildman–Crippen MR) is 114 cm³/mol. The molecule has 4 N–H and O–H groups in total. The van der Waals surface area contributed by atoms with Crippen LogP contribution in [0.4, 0.5) is 0 Å². The lowest BCUT2D eigenvalue weighted by Crippen LogP contribution is -2.60. The van der Waals surface area contributed by atoms with Crippen LogP contribution in [0.2, 0.25) is 5.02 Å². The lowest BCUT2D eigenvalue weighted by Gasteiger charge is -2.39. The number of methoxy groups -OCH3 is 1. The summed E-state index contributed by atoms with van der Waals surface area (Å²) >= 11 is 6.21. The summed E-state index contributed by atoms with van der Waals surface area (Å²) in [5.74, 6) is -0.262. The molecule has 5 atom stereocenters. The van der Waals surface area contributed by atoms with Gasteiger partial charge in [0.2, 0.25) is 6.29 Å². The third kappa shape index (κ3) is 3.95. The van der Waals surface area contributed by atoms with E-state index in [0.717, 1.165) is 0 Å². The van der Waals surface area contributed by atoms with E-state index in [4.69, 9.17) is 25.8 Å². The molecule has 4 rings (SSSR count). The number of esters is 1. The van der Waals surface area contributed by atoms with E-state index >= 15 is 0 Å². The Morgan fingerprint density at radius 2 is 1.88 bits per heavy atom. The second-order valence-corrected chi connectivity index (χ2v) is 7.79. The van der Waals surface area contributed by atoms with Crippen LogP contribution in [0.25, 0.3) is 16.6 Å². The average molecular weight is 464 g/mol. The zero-order valence-corrected chi connectivity index (χ0v) is 17.7. The molecule has 0 amide bonds. The van der Waals surface area contributed by atoms with Crippen molar-refractivity contribution in [3.05, 3.63) is 59.2 Å². The summed E-state index contributed by atoms with van der Waals surface area (Å²) in [5.41, 5.74) is 1.43. The molecule has 0 bridgehead atoms. The second-order valence-electron chi connectivity index (χ2n) is 7.35. The van der Waals surface area contributed by atoms with Crippen LogP contribution in [0.1, 0.15) is 10.4 Å². The molecule has 10 heteroatoms. The summed E-state index contributed by atoms with van der Waals surface area (Å²) in [6.07, 6.45) is -5.53. The summed E-state index contributed by atoms with van der Waals surface area (Å²) in [7, 11) is 1.29. The van der Waals surface area contributed by atoms with Crippen LogP contribution in [0.5, 0.6) is 5.75 Å². The fourth-order valence-corrected chi connectivity index (χ4v) is 3.88. The van der Waals surface area contributed by atoms with Crippen LogP contribution in [0, 0.1) is 0 Å². The Bertz CT molecular complexity index is 1130. The maximum Gasteiger partial charge on any atom is 0.339 e.